The summed E-state index contributed by atoms with van der Waals surface area (Å²) in [6.07, 6.45) is 0.722. The van der Waals surface area contributed by atoms with Crippen LogP contribution in [0.2, 0.25) is 0 Å². The molecule has 9 heteroatoms. The SMILES string of the molecule is NS(=O)(=O)N1CCC(C(=O)NCc2cc(F)cc(F)c2)CC1. The van der Waals surface area contributed by atoms with Crippen molar-refractivity contribution in [3.8, 4) is 0 Å². The third-order valence-corrected chi connectivity index (χ3v) is 4.66. The number of carbonyl (C=O) groups excluding carboxylic acids is 1. The van der Waals surface area contributed by atoms with E-state index >= 15 is 0 Å². The zero-order valence-electron chi connectivity index (χ0n) is 11.8. The number of hydrogen-bond acceptors (Lipinski definition) is 3. The van der Waals surface area contributed by atoms with Crippen LogP contribution in [0.3, 0.4) is 0 Å². The van der Waals surface area contributed by atoms with Crippen molar-refractivity contribution >= 4 is 16.1 Å². The van der Waals surface area contributed by atoms with Crippen LogP contribution in [0.4, 0.5) is 8.78 Å². The lowest BCUT2D eigenvalue weighted by Gasteiger charge is -2.29. The van der Waals surface area contributed by atoms with Gasteiger partial charge in [0.1, 0.15) is 11.6 Å². The number of hydrogen-bond donors (Lipinski definition) is 2. The molecule has 6 nitrogen and oxygen atoms in total. The van der Waals surface area contributed by atoms with Crippen molar-refractivity contribution in [1.82, 2.24) is 9.62 Å². The first-order valence-electron chi connectivity index (χ1n) is 6.76. The van der Waals surface area contributed by atoms with Crippen LogP contribution >= 0.6 is 0 Å². The zero-order valence-corrected chi connectivity index (χ0v) is 12.6. The molecule has 1 aromatic carbocycles. The van der Waals surface area contributed by atoms with Crippen LogP contribution in [0.25, 0.3) is 0 Å². The molecule has 0 radical (unpaired) electrons. The van der Waals surface area contributed by atoms with Crippen molar-refractivity contribution in [2.75, 3.05) is 13.1 Å². The Labute approximate surface area is 127 Å². The highest BCUT2D eigenvalue weighted by Gasteiger charge is 2.29. The van der Waals surface area contributed by atoms with Gasteiger partial charge in [0.05, 0.1) is 0 Å². The van der Waals surface area contributed by atoms with Gasteiger partial charge < -0.3 is 5.32 Å². The predicted octanol–water partition coefficient (Wildman–Crippen LogP) is 0.497. The molecule has 22 heavy (non-hydrogen) atoms. The number of halogens is 2. The standard InChI is InChI=1S/C13H17F2N3O3S/c14-11-5-9(6-12(15)7-11)8-17-13(19)10-1-3-18(4-2-10)22(16,20)21/h5-7,10H,1-4,8H2,(H,17,19)(H2,16,20,21). The van der Waals surface area contributed by atoms with E-state index in [2.05, 4.69) is 5.32 Å². The average Bonchev–Trinajstić information content (AvgIpc) is 2.43. The molecule has 1 heterocycles. The molecule has 0 aliphatic carbocycles. The van der Waals surface area contributed by atoms with Crippen molar-refractivity contribution in [3.05, 3.63) is 35.4 Å². The summed E-state index contributed by atoms with van der Waals surface area (Å²) in [7, 11) is -3.72. The maximum atomic E-state index is 13.0. The Bertz CT molecular complexity index is 638. The molecule has 122 valence electrons. The highest BCUT2D eigenvalue weighted by Crippen LogP contribution is 2.19. The van der Waals surface area contributed by atoms with Gasteiger partial charge >= 0.3 is 0 Å². The molecule has 1 aromatic rings. The van der Waals surface area contributed by atoms with Crippen LogP contribution in [0.5, 0.6) is 0 Å². The molecule has 0 atom stereocenters. The maximum Gasteiger partial charge on any atom is 0.276 e. The van der Waals surface area contributed by atoms with Gasteiger partial charge in [-0.3, -0.25) is 4.79 Å². The molecule has 1 aliphatic rings. The van der Waals surface area contributed by atoms with Gasteiger partial charge in [-0.15, -0.1) is 0 Å². The third kappa shape index (κ3) is 4.46. The molecular weight excluding hydrogens is 316 g/mol. The fraction of sp³-hybridized carbons (Fsp3) is 0.462. The van der Waals surface area contributed by atoms with Gasteiger partial charge in [0.2, 0.25) is 5.91 Å². The average molecular weight is 333 g/mol. The van der Waals surface area contributed by atoms with Gasteiger partial charge in [-0.1, -0.05) is 0 Å². The summed E-state index contributed by atoms with van der Waals surface area (Å²) in [5, 5.41) is 7.63. The minimum atomic E-state index is -3.72. The molecule has 1 fully saturated rings. The second-order valence-electron chi connectivity index (χ2n) is 5.21. The summed E-state index contributed by atoms with van der Waals surface area (Å²) in [6, 6.07) is 3.05. The van der Waals surface area contributed by atoms with Crippen LogP contribution < -0.4 is 10.5 Å². The molecular formula is C13H17F2N3O3S. The Morgan fingerprint density at radius 3 is 2.27 bits per heavy atom. The van der Waals surface area contributed by atoms with E-state index in [0.29, 0.717) is 18.4 Å². The van der Waals surface area contributed by atoms with Crippen LogP contribution in [0.15, 0.2) is 18.2 Å². The summed E-state index contributed by atoms with van der Waals surface area (Å²) in [5.41, 5.74) is 0.327. The van der Waals surface area contributed by atoms with Gasteiger partial charge in [-0.05, 0) is 30.5 Å². The molecule has 1 saturated heterocycles. The smallest absolute Gasteiger partial charge is 0.276 e. The van der Waals surface area contributed by atoms with E-state index in [-0.39, 0.29) is 31.5 Å². The number of nitrogens with two attached hydrogens (primary N) is 1. The lowest BCUT2D eigenvalue weighted by atomic mass is 9.97. The van der Waals surface area contributed by atoms with Crippen molar-refractivity contribution in [2.24, 2.45) is 11.1 Å². The molecule has 0 bridgehead atoms. The summed E-state index contributed by atoms with van der Waals surface area (Å²) in [4.78, 5) is 12.0. The van der Waals surface area contributed by atoms with Gasteiger partial charge in [0.25, 0.3) is 10.2 Å². The molecule has 0 saturated carbocycles. The van der Waals surface area contributed by atoms with E-state index in [0.717, 1.165) is 22.5 Å². The molecule has 0 aromatic heterocycles. The summed E-state index contributed by atoms with van der Waals surface area (Å²) in [5.74, 6) is -2.01. The lowest BCUT2D eigenvalue weighted by molar-refractivity contribution is -0.126. The number of benzene rings is 1. The fourth-order valence-electron chi connectivity index (χ4n) is 2.42. The van der Waals surface area contributed by atoms with E-state index in [9.17, 15) is 22.0 Å². The number of rotatable bonds is 4. The Hall–Kier alpha value is -1.58. The van der Waals surface area contributed by atoms with Gasteiger partial charge in [0, 0.05) is 31.6 Å². The highest BCUT2D eigenvalue weighted by atomic mass is 32.2. The van der Waals surface area contributed by atoms with E-state index in [1.54, 1.807) is 0 Å². The van der Waals surface area contributed by atoms with Crippen LogP contribution in [0, 0.1) is 17.6 Å². The van der Waals surface area contributed by atoms with Gasteiger partial charge in [-0.2, -0.15) is 12.7 Å². The Morgan fingerprint density at radius 1 is 1.23 bits per heavy atom. The minimum absolute atomic E-state index is 0.0168. The Balaban J connectivity index is 1.86. The number of amides is 1. The normalized spacial score (nSPS) is 17.4. The number of nitrogens with one attached hydrogen (secondary N) is 1. The summed E-state index contributed by atoms with van der Waals surface area (Å²) < 4.78 is 49.5. The van der Waals surface area contributed by atoms with Crippen LogP contribution in [-0.4, -0.2) is 31.7 Å². The van der Waals surface area contributed by atoms with Crippen molar-refractivity contribution < 1.29 is 22.0 Å². The molecule has 2 rings (SSSR count). The first-order chi connectivity index (χ1) is 10.3. The monoisotopic (exact) mass is 333 g/mol. The van der Waals surface area contributed by atoms with Crippen molar-refractivity contribution in [2.45, 2.75) is 19.4 Å². The van der Waals surface area contributed by atoms with E-state index < -0.39 is 21.8 Å². The van der Waals surface area contributed by atoms with E-state index in [1.807, 2.05) is 0 Å². The fourth-order valence-corrected chi connectivity index (χ4v) is 3.14. The Morgan fingerprint density at radius 2 is 1.77 bits per heavy atom. The minimum Gasteiger partial charge on any atom is -0.352 e. The quantitative estimate of drug-likeness (QED) is 0.840. The van der Waals surface area contributed by atoms with Gasteiger partial charge in [-0.25, -0.2) is 13.9 Å². The topological polar surface area (TPSA) is 92.5 Å². The molecule has 0 unspecified atom stereocenters. The van der Waals surface area contributed by atoms with Crippen molar-refractivity contribution in [3.63, 3.8) is 0 Å². The number of carbonyl (C=O) groups is 1. The molecule has 1 aliphatic heterocycles. The van der Waals surface area contributed by atoms with E-state index in [4.69, 9.17) is 5.14 Å². The lowest BCUT2D eigenvalue weighted by Crippen LogP contribution is -2.45. The first kappa shape index (κ1) is 16.8. The molecule has 0 spiro atoms. The number of nitrogens with zero attached hydrogens (tertiary/aromatic N) is 1. The van der Waals surface area contributed by atoms with Gasteiger partial charge in [0.15, 0.2) is 0 Å². The first-order valence-corrected chi connectivity index (χ1v) is 8.26. The van der Waals surface area contributed by atoms with Crippen LogP contribution in [0.1, 0.15) is 18.4 Å². The summed E-state index contributed by atoms with van der Waals surface area (Å²) >= 11 is 0. The zero-order chi connectivity index (χ0) is 16.3. The van der Waals surface area contributed by atoms with Crippen LogP contribution in [-0.2, 0) is 21.5 Å². The Kier molecular flexibility index (Phi) is 5.09. The third-order valence-electron chi connectivity index (χ3n) is 3.57. The largest absolute Gasteiger partial charge is 0.352 e. The molecule has 3 N–H and O–H groups in total. The maximum absolute atomic E-state index is 13.0. The molecule has 1 amide bonds. The predicted molar refractivity (Wildman–Crippen MR) is 75.6 cm³/mol. The summed E-state index contributed by atoms with van der Waals surface area (Å²) in [6.45, 7) is 0.389. The van der Waals surface area contributed by atoms with Crippen molar-refractivity contribution in [1.29, 1.82) is 0 Å². The second-order valence-corrected chi connectivity index (χ2v) is 6.76. The second kappa shape index (κ2) is 6.67. The number of piperidine rings is 1. The van der Waals surface area contributed by atoms with E-state index in [1.165, 1.54) is 0 Å². The highest BCUT2D eigenvalue weighted by molar-refractivity contribution is 7.86.